The number of nitrogens with zero attached hydrogens (tertiary/aromatic N) is 1. The summed E-state index contributed by atoms with van der Waals surface area (Å²) in [6, 6.07) is 3.66. The molecule has 0 saturated carbocycles. The number of benzene rings is 1. The smallest absolute Gasteiger partial charge is 0.235 e. The lowest BCUT2D eigenvalue weighted by atomic mass is 10.0. The van der Waals surface area contributed by atoms with Gasteiger partial charge < -0.3 is 5.11 Å². The first-order chi connectivity index (χ1) is 6.16. The molecule has 0 aromatic heterocycles. The normalized spacial score (nSPS) is 9.38. The van der Waals surface area contributed by atoms with Gasteiger partial charge in [0.15, 0.2) is 0 Å². The van der Waals surface area contributed by atoms with Gasteiger partial charge in [0.05, 0.1) is 6.54 Å². The topological polar surface area (TPSA) is 49.7 Å². The average molecular weight is 177 g/mol. The molecule has 0 radical (unpaired) electrons. The molecule has 1 aromatic rings. The van der Waals surface area contributed by atoms with Crippen LogP contribution in [0.5, 0.6) is 5.75 Å². The highest BCUT2D eigenvalue weighted by Crippen LogP contribution is 2.25. The first-order valence-electron chi connectivity index (χ1n) is 3.98. The van der Waals surface area contributed by atoms with Crippen molar-refractivity contribution in [2.75, 3.05) is 0 Å². The van der Waals surface area contributed by atoms with E-state index in [-0.39, 0.29) is 12.3 Å². The Morgan fingerprint density at radius 1 is 1.46 bits per heavy atom. The Labute approximate surface area is 76.7 Å². The SMILES string of the molecule is Cc1ccc(CN=C=O)c(O)c1C. The van der Waals surface area contributed by atoms with Crippen molar-refractivity contribution in [2.24, 2.45) is 4.99 Å². The predicted molar refractivity (Wildman–Crippen MR) is 49.4 cm³/mol. The van der Waals surface area contributed by atoms with Gasteiger partial charge in [-0.25, -0.2) is 9.79 Å². The van der Waals surface area contributed by atoms with Crippen LogP contribution in [0, 0.1) is 13.8 Å². The van der Waals surface area contributed by atoms with Crippen molar-refractivity contribution in [3.63, 3.8) is 0 Å². The highest BCUT2D eigenvalue weighted by Gasteiger charge is 2.04. The third-order valence-corrected chi connectivity index (χ3v) is 2.10. The molecule has 1 aromatic carbocycles. The molecule has 0 saturated heterocycles. The maximum atomic E-state index is 9.87. The molecule has 0 unspecified atom stereocenters. The van der Waals surface area contributed by atoms with E-state index in [1.54, 1.807) is 6.07 Å². The minimum Gasteiger partial charge on any atom is -0.507 e. The number of aromatic hydroxyl groups is 1. The second-order valence-corrected chi connectivity index (χ2v) is 2.92. The number of hydrogen-bond donors (Lipinski definition) is 1. The molecule has 0 aliphatic rings. The van der Waals surface area contributed by atoms with E-state index < -0.39 is 0 Å². The van der Waals surface area contributed by atoms with Gasteiger partial charge in [-0.2, -0.15) is 0 Å². The monoisotopic (exact) mass is 177 g/mol. The number of hydrogen-bond acceptors (Lipinski definition) is 3. The van der Waals surface area contributed by atoms with Crippen LogP contribution in [0.2, 0.25) is 0 Å². The minimum absolute atomic E-state index is 0.191. The maximum absolute atomic E-state index is 9.87. The minimum atomic E-state index is 0.191. The fourth-order valence-corrected chi connectivity index (χ4v) is 1.10. The van der Waals surface area contributed by atoms with Crippen molar-refractivity contribution in [1.29, 1.82) is 0 Å². The maximum Gasteiger partial charge on any atom is 0.235 e. The summed E-state index contributed by atoms with van der Waals surface area (Å²) in [4.78, 5) is 13.3. The molecule has 3 nitrogen and oxygen atoms in total. The molecule has 0 aliphatic heterocycles. The Morgan fingerprint density at radius 3 is 2.77 bits per heavy atom. The van der Waals surface area contributed by atoms with Crippen molar-refractivity contribution in [1.82, 2.24) is 0 Å². The standard InChI is InChI=1S/C10H11NO2/c1-7-3-4-9(5-11-6-12)10(13)8(7)2/h3-4,13H,5H2,1-2H3. The predicted octanol–water partition coefficient (Wildman–Crippen LogP) is 1.84. The van der Waals surface area contributed by atoms with Crippen molar-refractivity contribution in [3.05, 3.63) is 28.8 Å². The molecule has 0 bridgehead atoms. The van der Waals surface area contributed by atoms with Crippen LogP contribution in [0.1, 0.15) is 16.7 Å². The summed E-state index contributed by atoms with van der Waals surface area (Å²) < 4.78 is 0. The molecular weight excluding hydrogens is 166 g/mol. The van der Waals surface area contributed by atoms with E-state index in [0.29, 0.717) is 5.56 Å². The summed E-state index contributed by atoms with van der Waals surface area (Å²) in [6.45, 7) is 3.94. The molecule has 13 heavy (non-hydrogen) atoms. The van der Waals surface area contributed by atoms with Crippen LogP contribution in [0.3, 0.4) is 0 Å². The van der Waals surface area contributed by atoms with Gasteiger partial charge in [-0.15, -0.1) is 0 Å². The van der Waals surface area contributed by atoms with Crippen molar-refractivity contribution < 1.29 is 9.90 Å². The van der Waals surface area contributed by atoms with Crippen LogP contribution >= 0.6 is 0 Å². The summed E-state index contributed by atoms with van der Waals surface area (Å²) in [6.07, 6.45) is 1.44. The van der Waals surface area contributed by atoms with Crippen LogP contribution in [-0.2, 0) is 11.3 Å². The lowest BCUT2D eigenvalue weighted by molar-refractivity contribution is 0.463. The zero-order chi connectivity index (χ0) is 9.84. The lowest BCUT2D eigenvalue weighted by Gasteiger charge is -2.06. The van der Waals surface area contributed by atoms with E-state index in [9.17, 15) is 9.90 Å². The first-order valence-corrected chi connectivity index (χ1v) is 3.98. The van der Waals surface area contributed by atoms with Crippen LogP contribution in [-0.4, -0.2) is 11.2 Å². The quantitative estimate of drug-likeness (QED) is 0.553. The molecule has 0 atom stereocenters. The highest BCUT2D eigenvalue weighted by molar-refractivity contribution is 5.45. The summed E-state index contributed by atoms with van der Waals surface area (Å²) >= 11 is 0. The summed E-state index contributed by atoms with van der Waals surface area (Å²) in [5, 5.41) is 9.62. The van der Waals surface area contributed by atoms with Gasteiger partial charge in [0.2, 0.25) is 6.08 Å². The van der Waals surface area contributed by atoms with Crippen molar-refractivity contribution >= 4 is 6.08 Å². The fourth-order valence-electron chi connectivity index (χ4n) is 1.10. The molecule has 0 fully saturated rings. The molecular formula is C10H11NO2. The van der Waals surface area contributed by atoms with E-state index in [4.69, 9.17) is 0 Å². The van der Waals surface area contributed by atoms with Crippen molar-refractivity contribution in [2.45, 2.75) is 20.4 Å². The Hall–Kier alpha value is -1.60. The van der Waals surface area contributed by atoms with E-state index in [1.807, 2.05) is 19.9 Å². The van der Waals surface area contributed by atoms with Gasteiger partial charge in [-0.05, 0) is 25.0 Å². The van der Waals surface area contributed by atoms with Gasteiger partial charge in [-0.3, -0.25) is 0 Å². The fraction of sp³-hybridized carbons (Fsp3) is 0.300. The molecule has 0 aliphatic carbocycles. The molecule has 1 rings (SSSR count). The lowest BCUT2D eigenvalue weighted by Crippen LogP contribution is -1.88. The Balaban J connectivity index is 3.10. The number of isocyanates is 1. The zero-order valence-electron chi connectivity index (χ0n) is 7.66. The Kier molecular flexibility index (Phi) is 2.83. The number of phenols is 1. The van der Waals surface area contributed by atoms with E-state index in [0.717, 1.165) is 11.1 Å². The van der Waals surface area contributed by atoms with Gasteiger partial charge in [0, 0.05) is 5.56 Å². The summed E-state index contributed by atoms with van der Waals surface area (Å²) in [5.41, 5.74) is 2.52. The van der Waals surface area contributed by atoms with Crippen LogP contribution in [0.25, 0.3) is 0 Å². The van der Waals surface area contributed by atoms with Crippen LogP contribution in [0.15, 0.2) is 17.1 Å². The van der Waals surface area contributed by atoms with E-state index in [1.165, 1.54) is 6.08 Å². The molecule has 0 spiro atoms. The molecule has 0 amide bonds. The molecule has 3 heteroatoms. The van der Waals surface area contributed by atoms with Gasteiger partial charge in [-0.1, -0.05) is 12.1 Å². The Morgan fingerprint density at radius 2 is 2.15 bits per heavy atom. The van der Waals surface area contributed by atoms with Gasteiger partial charge in [0.25, 0.3) is 0 Å². The number of aliphatic imine (C=N–C) groups is 1. The second kappa shape index (κ2) is 3.87. The summed E-state index contributed by atoms with van der Waals surface area (Å²) in [5.74, 6) is 0.221. The van der Waals surface area contributed by atoms with Crippen molar-refractivity contribution in [3.8, 4) is 5.75 Å². The molecule has 0 heterocycles. The third kappa shape index (κ3) is 1.95. The summed E-state index contributed by atoms with van der Waals surface area (Å²) in [7, 11) is 0. The third-order valence-electron chi connectivity index (χ3n) is 2.10. The van der Waals surface area contributed by atoms with E-state index in [2.05, 4.69) is 4.99 Å². The van der Waals surface area contributed by atoms with Crippen LogP contribution < -0.4 is 0 Å². The number of aryl methyl sites for hydroxylation is 1. The van der Waals surface area contributed by atoms with Gasteiger partial charge in [0.1, 0.15) is 5.75 Å². The highest BCUT2D eigenvalue weighted by atomic mass is 16.3. The number of rotatable bonds is 2. The van der Waals surface area contributed by atoms with Crippen LogP contribution in [0.4, 0.5) is 0 Å². The largest absolute Gasteiger partial charge is 0.507 e. The van der Waals surface area contributed by atoms with E-state index >= 15 is 0 Å². The molecule has 68 valence electrons. The Bertz CT molecular complexity index is 365. The molecule has 1 N–H and O–H groups in total. The number of carbonyl (C=O) groups excluding carboxylic acids is 1. The first kappa shape index (κ1) is 9.49. The average Bonchev–Trinajstić information content (AvgIpc) is 2.13. The number of phenolic OH excluding ortho intramolecular Hbond substituents is 1. The van der Waals surface area contributed by atoms with Gasteiger partial charge >= 0.3 is 0 Å². The zero-order valence-corrected chi connectivity index (χ0v) is 7.66. The second-order valence-electron chi connectivity index (χ2n) is 2.92.